The quantitative estimate of drug-likeness (QED) is 0.894. The van der Waals surface area contributed by atoms with Gasteiger partial charge in [-0.15, -0.1) is 0 Å². The molecule has 1 aliphatic heterocycles. The molecule has 1 aromatic carbocycles. The number of aromatic nitrogens is 2. The highest BCUT2D eigenvalue weighted by molar-refractivity contribution is 6.05. The number of oxime groups is 1. The number of benzene rings is 1. The summed E-state index contributed by atoms with van der Waals surface area (Å²) in [6.45, 7) is 8.25. The number of halogens is 1. The molecule has 0 radical (unpaired) electrons. The number of rotatable bonds is 5. The second-order valence-corrected chi connectivity index (χ2v) is 6.76. The van der Waals surface area contributed by atoms with Gasteiger partial charge < -0.3 is 10.2 Å². The van der Waals surface area contributed by atoms with Crippen LogP contribution in [0.1, 0.15) is 36.8 Å². The van der Waals surface area contributed by atoms with Crippen LogP contribution in [0.4, 0.5) is 4.39 Å². The number of nitrogens with one attached hydrogen (secondary N) is 1. The van der Waals surface area contributed by atoms with Crippen molar-refractivity contribution in [1.82, 2.24) is 15.1 Å². The van der Waals surface area contributed by atoms with Gasteiger partial charge >= 0.3 is 0 Å². The van der Waals surface area contributed by atoms with Gasteiger partial charge in [-0.3, -0.25) is 9.48 Å². The van der Waals surface area contributed by atoms with Crippen LogP contribution in [0.2, 0.25) is 0 Å². The Morgan fingerprint density at radius 1 is 1.35 bits per heavy atom. The van der Waals surface area contributed by atoms with Gasteiger partial charge in [0.1, 0.15) is 5.82 Å². The zero-order valence-corrected chi connectivity index (χ0v) is 15.4. The van der Waals surface area contributed by atoms with Crippen molar-refractivity contribution in [1.29, 1.82) is 0 Å². The van der Waals surface area contributed by atoms with Crippen molar-refractivity contribution < 1.29 is 14.0 Å². The van der Waals surface area contributed by atoms with E-state index in [4.69, 9.17) is 4.84 Å². The van der Waals surface area contributed by atoms with Gasteiger partial charge in [0.15, 0.2) is 0 Å². The predicted molar refractivity (Wildman–Crippen MR) is 96.4 cm³/mol. The van der Waals surface area contributed by atoms with Gasteiger partial charge in [0.05, 0.1) is 23.4 Å². The third-order valence-corrected chi connectivity index (χ3v) is 4.58. The largest absolute Gasteiger partial charge is 0.381 e. The molecule has 0 spiro atoms. The minimum atomic E-state index is -0.692. The first-order chi connectivity index (χ1) is 12.4. The first kappa shape index (κ1) is 18.1. The summed E-state index contributed by atoms with van der Waals surface area (Å²) in [6.07, 6.45) is -0.692. The molecule has 0 bridgehead atoms. The number of hydrogen-bond acceptors (Lipinski definition) is 4. The second-order valence-electron chi connectivity index (χ2n) is 6.76. The summed E-state index contributed by atoms with van der Waals surface area (Å²) in [6, 6.07) is 8.05. The fraction of sp³-hybridized carbons (Fsp3) is 0.421. The van der Waals surface area contributed by atoms with Crippen LogP contribution in [0.3, 0.4) is 0 Å². The van der Waals surface area contributed by atoms with E-state index >= 15 is 0 Å². The molecule has 2 aromatic rings. The Balaban J connectivity index is 1.59. The molecule has 0 fully saturated rings. The highest BCUT2D eigenvalue weighted by Gasteiger charge is 2.36. The molecule has 0 saturated carbocycles. The zero-order valence-electron chi connectivity index (χ0n) is 15.4. The Morgan fingerprint density at radius 2 is 2.04 bits per heavy atom. The maximum absolute atomic E-state index is 13.1. The van der Waals surface area contributed by atoms with E-state index in [1.165, 1.54) is 12.1 Å². The average Bonchev–Trinajstić information content (AvgIpc) is 3.15. The van der Waals surface area contributed by atoms with Crippen molar-refractivity contribution in [2.75, 3.05) is 6.54 Å². The maximum Gasteiger partial charge on any atom is 0.264 e. The minimum Gasteiger partial charge on any atom is -0.381 e. The molecular formula is C19H23FN4O2. The summed E-state index contributed by atoms with van der Waals surface area (Å²) in [5.74, 6) is -0.746. The van der Waals surface area contributed by atoms with Crippen LogP contribution < -0.4 is 5.32 Å². The molecule has 1 aromatic heterocycles. The second kappa shape index (κ2) is 7.27. The molecule has 1 amide bonds. The average molecular weight is 358 g/mol. The van der Waals surface area contributed by atoms with Gasteiger partial charge in [0.2, 0.25) is 6.10 Å². The number of hydrogen-bond donors (Lipinski definition) is 1. The number of nitrogens with zero attached hydrogens (tertiary/aromatic N) is 3. The Morgan fingerprint density at radius 3 is 2.65 bits per heavy atom. The SMILES string of the molecule is Cc1cc(C)n([C@H](C)CNC(=O)[C@H]2ON=C(c3ccc(F)cc3)[C@@H]2C)n1. The standard InChI is InChI=1S/C19H23FN4O2/c1-11-9-12(2)24(22-11)13(3)10-21-19(25)18-14(4)17(23-26-18)15-5-7-16(20)8-6-15/h5-9,13-14,18H,10H2,1-4H3,(H,21,25)/t13-,14+,18+/m1/s1. The van der Waals surface area contributed by atoms with Crippen LogP contribution in [0.15, 0.2) is 35.5 Å². The molecule has 0 aliphatic carbocycles. The fourth-order valence-corrected chi connectivity index (χ4v) is 3.17. The van der Waals surface area contributed by atoms with E-state index in [9.17, 15) is 9.18 Å². The van der Waals surface area contributed by atoms with E-state index in [-0.39, 0.29) is 23.7 Å². The lowest BCUT2D eigenvalue weighted by Gasteiger charge is -2.18. The minimum absolute atomic E-state index is 0.0295. The molecule has 7 heteroatoms. The third-order valence-electron chi connectivity index (χ3n) is 4.58. The molecular weight excluding hydrogens is 335 g/mol. The van der Waals surface area contributed by atoms with Crippen LogP contribution in [0.25, 0.3) is 0 Å². The monoisotopic (exact) mass is 358 g/mol. The van der Waals surface area contributed by atoms with Gasteiger partial charge in [-0.2, -0.15) is 5.10 Å². The smallest absolute Gasteiger partial charge is 0.264 e. The van der Waals surface area contributed by atoms with Crippen molar-refractivity contribution in [2.24, 2.45) is 11.1 Å². The van der Waals surface area contributed by atoms with E-state index in [1.807, 2.05) is 38.4 Å². The lowest BCUT2D eigenvalue weighted by atomic mass is 9.94. The van der Waals surface area contributed by atoms with Crippen LogP contribution >= 0.6 is 0 Å². The van der Waals surface area contributed by atoms with Crippen LogP contribution in [0.5, 0.6) is 0 Å². The topological polar surface area (TPSA) is 68.5 Å². The molecule has 2 heterocycles. The molecule has 1 N–H and O–H groups in total. The lowest BCUT2D eigenvalue weighted by Crippen LogP contribution is -2.41. The van der Waals surface area contributed by atoms with Gasteiger partial charge in [-0.25, -0.2) is 4.39 Å². The highest BCUT2D eigenvalue weighted by atomic mass is 19.1. The summed E-state index contributed by atoms with van der Waals surface area (Å²) in [5.41, 5.74) is 3.41. The molecule has 3 rings (SSSR count). The van der Waals surface area contributed by atoms with E-state index < -0.39 is 6.10 Å². The summed E-state index contributed by atoms with van der Waals surface area (Å²) in [5, 5.41) is 11.4. The van der Waals surface area contributed by atoms with E-state index in [1.54, 1.807) is 12.1 Å². The summed E-state index contributed by atoms with van der Waals surface area (Å²) >= 11 is 0. The fourth-order valence-electron chi connectivity index (χ4n) is 3.17. The summed E-state index contributed by atoms with van der Waals surface area (Å²) in [7, 11) is 0. The van der Waals surface area contributed by atoms with E-state index in [0.717, 1.165) is 17.0 Å². The molecule has 6 nitrogen and oxygen atoms in total. The van der Waals surface area contributed by atoms with E-state index in [2.05, 4.69) is 15.6 Å². The highest BCUT2D eigenvalue weighted by Crippen LogP contribution is 2.23. The number of carbonyl (C=O) groups excluding carboxylic acids is 1. The first-order valence-corrected chi connectivity index (χ1v) is 8.67. The number of aryl methyl sites for hydroxylation is 2. The third kappa shape index (κ3) is 3.61. The molecule has 1 aliphatic rings. The van der Waals surface area contributed by atoms with Crippen LogP contribution in [0, 0.1) is 25.6 Å². The molecule has 0 saturated heterocycles. The molecule has 138 valence electrons. The predicted octanol–water partition coefficient (Wildman–Crippen LogP) is 2.76. The molecule has 26 heavy (non-hydrogen) atoms. The summed E-state index contributed by atoms with van der Waals surface area (Å²) in [4.78, 5) is 17.9. The van der Waals surface area contributed by atoms with Gasteiger partial charge in [0.25, 0.3) is 5.91 Å². The van der Waals surface area contributed by atoms with Gasteiger partial charge in [-0.1, -0.05) is 24.2 Å². The Hall–Kier alpha value is -2.70. The molecule has 0 unspecified atom stereocenters. The summed E-state index contributed by atoms with van der Waals surface area (Å²) < 4.78 is 15.0. The number of carbonyl (C=O) groups is 1. The van der Waals surface area contributed by atoms with Crippen molar-refractivity contribution in [2.45, 2.75) is 39.8 Å². The van der Waals surface area contributed by atoms with Crippen molar-refractivity contribution in [3.63, 3.8) is 0 Å². The first-order valence-electron chi connectivity index (χ1n) is 8.67. The van der Waals surface area contributed by atoms with Crippen LogP contribution in [-0.4, -0.2) is 34.0 Å². The van der Waals surface area contributed by atoms with Crippen molar-refractivity contribution >= 4 is 11.6 Å². The molecule has 3 atom stereocenters. The number of amides is 1. The Kier molecular flexibility index (Phi) is 5.06. The normalized spacial score (nSPS) is 20.4. The van der Waals surface area contributed by atoms with Gasteiger partial charge in [0, 0.05) is 12.2 Å². The zero-order chi connectivity index (χ0) is 18.8. The lowest BCUT2D eigenvalue weighted by molar-refractivity contribution is -0.132. The Labute approximate surface area is 152 Å². The van der Waals surface area contributed by atoms with Crippen molar-refractivity contribution in [3.8, 4) is 0 Å². The maximum atomic E-state index is 13.1. The van der Waals surface area contributed by atoms with Crippen LogP contribution in [-0.2, 0) is 9.63 Å². The Bertz CT molecular complexity index is 829. The van der Waals surface area contributed by atoms with E-state index in [0.29, 0.717) is 12.3 Å². The van der Waals surface area contributed by atoms with Crippen molar-refractivity contribution in [3.05, 3.63) is 53.1 Å². The van der Waals surface area contributed by atoms with Gasteiger partial charge in [-0.05, 0) is 44.5 Å².